The summed E-state index contributed by atoms with van der Waals surface area (Å²) < 4.78 is 40.3. The molecule has 0 radical (unpaired) electrons. The third-order valence-corrected chi connectivity index (χ3v) is 2.89. The predicted molar refractivity (Wildman–Crippen MR) is 43.5 cm³/mol. The van der Waals surface area contributed by atoms with Crippen LogP contribution in [0.5, 0.6) is 0 Å². The van der Waals surface area contributed by atoms with Crippen molar-refractivity contribution in [3.63, 3.8) is 0 Å². The molecule has 1 aromatic carbocycles. The van der Waals surface area contributed by atoms with Crippen LogP contribution in [0.1, 0.15) is 0 Å². The Kier molecular flexibility index (Phi) is 2.57. The number of hydrogen-bond acceptors (Lipinski definition) is 3. The van der Waals surface area contributed by atoms with Crippen molar-refractivity contribution < 1.29 is 17.5 Å². The third kappa shape index (κ3) is 1.88. The molecule has 0 bridgehead atoms. The largest absolute Gasteiger partial charge is 0.295 e. The summed E-state index contributed by atoms with van der Waals surface area (Å²) in [4.78, 5) is -0.318. The highest BCUT2D eigenvalue weighted by Gasteiger charge is 2.13. The van der Waals surface area contributed by atoms with Crippen LogP contribution in [0.25, 0.3) is 0 Å². The molecule has 0 spiro atoms. The third-order valence-electron chi connectivity index (χ3n) is 1.24. The summed E-state index contributed by atoms with van der Waals surface area (Å²) in [6.45, 7) is 0. The maximum atomic E-state index is 10.6. The Balaban J connectivity index is 3.43. The van der Waals surface area contributed by atoms with E-state index in [1.807, 2.05) is 0 Å². The minimum Gasteiger partial charge on any atom is -0.282 e. The molecule has 0 amide bonds. The molecule has 0 saturated heterocycles. The van der Waals surface area contributed by atoms with Crippen molar-refractivity contribution in [3.05, 3.63) is 24.3 Å². The van der Waals surface area contributed by atoms with Gasteiger partial charge in [-0.1, -0.05) is 12.1 Å². The van der Waals surface area contributed by atoms with Crippen molar-refractivity contribution in [3.8, 4) is 0 Å². The van der Waals surface area contributed by atoms with Gasteiger partial charge in [0, 0.05) is 0 Å². The van der Waals surface area contributed by atoms with E-state index in [0.29, 0.717) is 0 Å². The molecule has 0 heterocycles. The fourth-order valence-corrected chi connectivity index (χ4v) is 2.10. The maximum Gasteiger partial charge on any atom is 0.295 e. The average Bonchev–Trinajstić information content (AvgIpc) is 2.03. The first-order valence-corrected chi connectivity index (χ1v) is 5.21. The van der Waals surface area contributed by atoms with Gasteiger partial charge in [0.1, 0.15) is 4.90 Å². The Bertz CT molecular complexity index is 398. The van der Waals surface area contributed by atoms with Crippen molar-refractivity contribution >= 4 is 23.9 Å². The Morgan fingerprint density at radius 1 is 1.25 bits per heavy atom. The van der Waals surface area contributed by atoms with E-state index < -0.39 is 18.6 Å². The summed E-state index contributed by atoms with van der Waals surface area (Å²) in [6, 6.07) is 5.53. The van der Waals surface area contributed by atoms with Crippen LogP contribution in [-0.4, -0.2) is 13.0 Å². The van der Waals surface area contributed by atoms with Gasteiger partial charge in [0.15, 0.2) is 8.46 Å². The minimum absolute atomic E-state index is 0.0556. The van der Waals surface area contributed by atoms with E-state index in [-0.39, 0.29) is 10.2 Å². The lowest BCUT2D eigenvalue weighted by atomic mass is 10.4. The van der Waals surface area contributed by atoms with E-state index in [1.165, 1.54) is 24.3 Å². The van der Waals surface area contributed by atoms with Gasteiger partial charge in [0.2, 0.25) is 0 Å². The first kappa shape index (κ1) is 9.32. The molecule has 1 rings (SSSR count). The van der Waals surface area contributed by atoms with Crippen LogP contribution in [0.15, 0.2) is 29.2 Å². The second-order valence-electron chi connectivity index (χ2n) is 2.03. The second kappa shape index (κ2) is 3.31. The maximum absolute atomic E-state index is 10.6. The molecule has 0 saturated carbocycles. The molecule has 0 aliphatic heterocycles. The molecular weight excluding hydrogens is 199 g/mol. The van der Waals surface area contributed by atoms with Crippen LogP contribution < -0.4 is 5.30 Å². The normalized spacial score (nSPS) is 11.8. The quantitative estimate of drug-likeness (QED) is 0.572. The lowest BCUT2D eigenvalue weighted by Crippen LogP contribution is -2.08. The van der Waals surface area contributed by atoms with E-state index in [2.05, 4.69) is 0 Å². The van der Waals surface area contributed by atoms with Gasteiger partial charge in [0.05, 0.1) is 5.30 Å². The van der Waals surface area contributed by atoms with Gasteiger partial charge in [-0.05, 0) is 12.1 Å². The number of benzene rings is 1. The summed E-state index contributed by atoms with van der Waals surface area (Å²) in [7, 11) is -4.68. The molecule has 64 valence electrons. The standard InChI is InChI=1S/C6H5O4PS/c7-11-5-3-1-2-4-6(5)12(8,9)10/h1-4H,(H,8,9,10). The van der Waals surface area contributed by atoms with E-state index in [1.54, 1.807) is 0 Å². The number of rotatable bonds is 2. The average molecular weight is 204 g/mol. The smallest absolute Gasteiger partial charge is 0.282 e. The molecule has 1 N–H and O–H groups in total. The summed E-state index contributed by atoms with van der Waals surface area (Å²) in [5.74, 6) is 0. The topological polar surface area (TPSA) is 71.4 Å². The van der Waals surface area contributed by atoms with Crippen LogP contribution in [-0.2, 0) is 14.7 Å². The van der Waals surface area contributed by atoms with Gasteiger partial charge in [-0.2, -0.15) is 8.42 Å². The van der Waals surface area contributed by atoms with E-state index in [4.69, 9.17) is 4.55 Å². The van der Waals surface area contributed by atoms with E-state index in [9.17, 15) is 13.0 Å². The van der Waals surface area contributed by atoms with Gasteiger partial charge >= 0.3 is 0 Å². The molecule has 0 aliphatic rings. The van der Waals surface area contributed by atoms with Gasteiger partial charge < -0.3 is 0 Å². The Morgan fingerprint density at radius 2 is 1.83 bits per heavy atom. The second-order valence-corrected chi connectivity index (χ2v) is 4.09. The van der Waals surface area contributed by atoms with E-state index >= 15 is 0 Å². The minimum atomic E-state index is -4.25. The molecule has 0 fully saturated rings. The molecule has 0 unspecified atom stereocenters. The lowest BCUT2D eigenvalue weighted by Gasteiger charge is -1.97. The summed E-state index contributed by atoms with van der Waals surface area (Å²) in [5.41, 5.74) is 0. The highest BCUT2D eigenvalue weighted by atomic mass is 32.2. The Labute approximate surface area is 71.2 Å². The fourth-order valence-electron chi connectivity index (χ4n) is 0.751. The molecule has 0 atom stereocenters. The molecule has 12 heavy (non-hydrogen) atoms. The van der Waals surface area contributed by atoms with Crippen LogP contribution in [0, 0.1) is 0 Å². The highest BCUT2D eigenvalue weighted by molar-refractivity contribution is 7.86. The zero-order valence-corrected chi connectivity index (χ0v) is 7.55. The molecular formula is C6H5O4PS. The monoisotopic (exact) mass is 204 g/mol. The summed E-state index contributed by atoms with van der Waals surface area (Å²) in [6.07, 6.45) is 0. The first-order valence-electron chi connectivity index (χ1n) is 2.95. The molecule has 4 nitrogen and oxygen atoms in total. The Morgan fingerprint density at radius 3 is 2.25 bits per heavy atom. The van der Waals surface area contributed by atoms with Crippen LogP contribution in [0.3, 0.4) is 0 Å². The molecule has 0 aromatic heterocycles. The zero-order valence-electron chi connectivity index (χ0n) is 5.84. The first-order chi connectivity index (χ1) is 5.55. The molecule has 6 heteroatoms. The van der Waals surface area contributed by atoms with Crippen molar-refractivity contribution in [1.29, 1.82) is 0 Å². The SMILES string of the molecule is O=Pc1ccccc1S(=O)(=O)O. The predicted octanol–water partition coefficient (Wildman–Crippen LogP) is 0.850. The van der Waals surface area contributed by atoms with Gasteiger partial charge in [-0.25, -0.2) is 0 Å². The van der Waals surface area contributed by atoms with Crippen molar-refractivity contribution in [2.45, 2.75) is 4.90 Å². The summed E-state index contributed by atoms with van der Waals surface area (Å²) >= 11 is 0. The van der Waals surface area contributed by atoms with Gasteiger partial charge in [-0.3, -0.25) is 9.12 Å². The number of hydrogen-bond donors (Lipinski definition) is 1. The van der Waals surface area contributed by atoms with Crippen molar-refractivity contribution in [1.82, 2.24) is 0 Å². The van der Waals surface area contributed by atoms with E-state index in [0.717, 1.165) is 0 Å². The van der Waals surface area contributed by atoms with Crippen LogP contribution in [0.2, 0.25) is 0 Å². The van der Waals surface area contributed by atoms with Crippen LogP contribution >= 0.6 is 8.46 Å². The summed E-state index contributed by atoms with van der Waals surface area (Å²) in [5, 5.41) is 0.0556. The fraction of sp³-hybridized carbons (Fsp3) is 0. The van der Waals surface area contributed by atoms with Crippen molar-refractivity contribution in [2.75, 3.05) is 0 Å². The van der Waals surface area contributed by atoms with Gasteiger partial charge in [-0.15, -0.1) is 0 Å². The zero-order chi connectivity index (χ0) is 9.19. The molecule has 1 aromatic rings. The molecule has 0 aliphatic carbocycles. The van der Waals surface area contributed by atoms with Crippen molar-refractivity contribution in [2.24, 2.45) is 0 Å². The Hall–Kier alpha value is -0.770. The van der Waals surface area contributed by atoms with Crippen LogP contribution in [0.4, 0.5) is 0 Å². The highest BCUT2D eigenvalue weighted by Crippen LogP contribution is 2.09. The lowest BCUT2D eigenvalue weighted by molar-refractivity contribution is 0.483. The van der Waals surface area contributed by atoms with Gasteiger partial charge in [0.25, 0.3) is 10.1 Å².